The maximum atomic E-state index is 13.0. The van der Waals surface area contributed by atoms with Gasteiger partial charge in [-0.3, -0.25) is 24.0 Å². The topological polar surface area (TPSA) is 101 Å². The van der Waals surface area contributed by atoms with E-state index >= 15 is 0 Å². The molecule has 1 aliphatic heterocycles. The van der Waals surface area contributed by atoms with E-state index in [1.54, 1.807) is 39.0 Å². The number of aldehydes is 1. The highest BCUT2D eigenvalue weighted by Crippen LogP contribution is 2.27. The average Bonchev–Trinajstić information content (AvgIpc) is 3.00. The van der Waals surface area contributed by atoms with Crippen molar-refractivity contribution in [3.8, 4) is 0 Å². The van der Waals surface area contributed by atoms with E-state index in [9.17, 15) is 24.0 Å². The van der Waals surface area contributed by atoms with Gasteiger partial charge in [-0.05, 0) is 44.9 Å². The van der Waals surface area contributed by atoms with Crippen LogP contribution < -0.4 is 0 Å². The van der Waals surface area contributed by atoms with Crippen molar-refractivity contribution >= 4 is 30.5 Å². The molecule has 0 radical (unpaired) electrons. The third-order valence-corrected chi connectivity index (χ3v) is 4.68. The molecule has 1 heterocycles. The van der Waals surface area contributed by atoms with E-state index < -0.39 is 30.1 Å². The fraction of sp³-hybridized carbons (Fsp3) is 0.476. The second-order valence-electron chi connectivity index (χ2n) is 8.00. The van der Waals surface area contributed by atoms with Crippen LogP contribution in [0.1, 0.15) is 66.8 Å². The van der Waals surface area contributed by atoms with Crippen LogP contribution in [0.25, 0.3) is 0 Å². The molecule has 1 aromatic carbocycles. The molecule has 8 heteroatoms. The van der Waals surface area contributed by atoms with Gasteiger partial charge in [0.05, 0.1) is 5.41 Å². The zero-order valence-electron chi connectivity index (χ0n) is 17.1. The number of nitrogens with zero attached hydrogens (tertiary/aromatic N) is 2. The molecule has 0 saturated carbocycles. The Balaban J connectivity index is 2.20. The minimum Gasteiger partial charge on any atom is -0.443 e. The molecule has 1 aromatic rings. The molecule has 1 atom stereocenters. The van der Waals surface area contributed by atoms with Crippen molar-refractivity contribution < 1.29 is 28.7 Å². The Bertz CT molecular complexity index is 827. The molecule has 156 valence electrons. The molecule has 0 spiro atoms. The van der Waals surface area contributed by atoms with Gasteiger partial charge < -0.3 is 9.64 Å². The number of benzene rings is 1. The van der Waals surface area contributed by atoms with E-state index in [1.807, 2.05) is 6.92 Å². The summed E-state index contributed by atoms with van der Waals surface area (Å²) in [5.41, 5.74) is 0.760. The number of ether oxygens (including phenoxy) is 1. The number of carbonyl (C=O) groups is 5. The summed E-state index contributed by atoms with van der Waals surface area (Å²) in [5, 5.41) is 0. The first-order valence-corrected chi connectivity index (χ1v) is 9.46. The zero-order chi connectivity index (χ0) is 21.8. The molecular weight excluding hydrogens is 376 g/mol. The number of hydrogen-bond donors (Lipinski definition) is 0. The predicted octanol–water partition coefficient (Wildman–Crippen LogP) is 2.16. The highest BCUT2D eigenvalue weighted by atomic mass is 16.5. The number of amides is 3. The molecule has 0 aliphatic carbocycles. The Labute approximate surface area is 169 Å². The summed E-state index contributed by atoms with van der Waals surface area (Å²) in [5.74, 6) is -1.49. The Kier molecular flexibility index (Phi) is 6.89. The molecule has 1 unspecified atom stereocenters. The van der Waals surface area contributed by atoms with Crippen molar-refractivity contribution in [1.82, 2.24) is 9.80 Å². The summed E-state index contributed by atoms with van der Waals surface area (Å²) in [6.07, 6.45) is 1.94. The van der Waals surface area contributed by atoms with Crippen molar-refractivity contribution in [2.45, 2.75) is 53.1 Å². The monoisotopic (exact) mass is 402 g/mol. The second-order valence-corrected chi connectivity index (χ2v) is 8.00. The molecule has 0 saturated heterocycles. The lowest BCUT2D eigenvalue weighted by Crippen LogP contribution is -2.49. The van der Waals surface area contributed by atoms with Crippen LogP contribution in [0.5, 0.6) is 0 Å². The van der Waals surface area contributed by atoms with E-state index in [1.165, 1.54) is 4.90 Å². The predicted molar refractivity (Wildman–Crippen MR) is 104 cm³/mol. The lowest BCUT2D eigenvalue weighted by molar-refractivity contribution is -0.163. The SMILES string of the molecule is CCCC(C(=O)N(C=O)COC(=O)C(C)(C)C)N1Cc2cc(C=O)ccc2C1=O. The molecule has 0 N–H and O–H groups in total. The number of rotatable bonds is 8. The minimum atomic E-state index is -0.877. The van der Waals surface area contributed by atoms with Crippen LogP contribution in [0.2, 0.25) is 0 Å². The number of imide groups is 1. The molecule has 0 bridgehead atoms. The highest BCUT2D eigenvalue weighted by molar-refractivity contribution is 6.02. The molecule has 1 aliphatic rings. The van der Waals surface area contributed by atoms with Crippen molar-refractivity contribution in [1.29, 1.82) is 0 Å². The van der Waals surface area contributed by atoms with Gasteiger partial charge in [-0.25, -0.2) is 4.90 Å². The molecule has 0 aromatic heterocycles. The molecule has 0 fully saturated rings. The molecule has 2 rings (SSSR count). The van der Waals surface area contributed by atoms with Crippen LogP contribution in [0, 0.1) is 5.41 Å². The normalized spacial score (nSPS) is 14.2. The Morgan fingerprint density at radius 1 is 1.28 bits per heavy atom. The standard InChI is InChI=1S/C21H26N2O6/c1-5-6-17(19(27)22(12-25)13-29-20(28)21(2,3)4)23-10-15-9-14(11-24)7-8-16(15)18(23)26/h7-9,11-12,17H,5-6,10,13H2,1-4H3. The summed E-state index contributed by atoms with van der Waals surface area (Å²) in [6, 6.07) is 3.86. The molecule has 3 amide bonds. The fourth-order valence-corrected chi connectivity index (χ4v) is 3.06. The van der Waals surface area contributed by atoms with Gasteiger partial charge >= 0.3 is 5.97 Å². The minimum absolute atomic E-state index is 0.167. The van der Waals surface area contributed by atoms with Crippen molar-refractivity contribution in [3.63, 3.8) is 0 Å². The van der Waals surface area contributed by atoms with Gasteiger partial charge in [0.25, 0.3) is 11.8 Å². The van der Waals surface area contributed by atoms with E-state index in [0.717, 1.165) is 4.90 Å². The van der Waals surface area contributed by atoms with E-state index in [0.29, 0.717) is 42.2 Å². The molecule has 29 heavy (non-hydrogen) atoms. The van der Waals surface area contributed by atoms with Gasteiger partial charge in [-0.2, -0.15) is 0 Å². The summed E-state index contributed by atoms with van der Waals surface area (Å²) in [4.78, 5) is 62.4. The number of fused-ring (bicyclic) bond motifs is 1. The summed E-state index contributed by atoms with van der Waals surface area (Å²) < 4.78 is 5.08. The Morgan fingerprint density at radius 2 is 1.97 bits per heavy atom. The maximum absolute atomic E-state index is 13.0. The fourth-order valence-electron chi connectivity index (χ4n) is 3.06. The van der Waals surface area contributed by atoms with Gasteiger partial charge in [0, 0.05) is 17.7 Å². The summed E-state index contributed by atoms with van der Waals surface area (Å²) in [6.45, 7) is 6.51. The maximum Gasteiger partial charge on any atom is 0.312 e. The van der Waals surface area contributed by atoms with Gasteiger partial charge in [-0.1, -0.05) is 19.4 Å². The van der Waals surface area contributed by atoms with Crippen LogP contribution in [0.15, 0.2) is 18.2 Å². The summed E-state index contributed by atoms with van der Waals surface area (Å²) >= 11 is 0. The third-order valence-electron chi connectivity index (χ3n) is 4.68. The van der Waals surface area contributed by atoms with Crippen LogP contribution in [-0.2, 0) is 25.7 Å². The zero-order valence-corrected chi connectivity index (χ0v) is 17.1. The molecular formula is C21H26N2O6. The van der Waals surface area contributed by atoms with Gasteiger partial charge in [0.1, 0.15) is 12.3 Å². The Morgan fingerprint density at radius 3 is 2.52 bits per heavy atom. The third kappa shape index (κ3) is 4.88. The van der Waals surface area contributed by atoms with Crippen LogP contribution in [-0.4, -0.2) is 53.1 Å². The van der Waals surface area contributed by atoms with Crippen molar-refractivity contribution in [2.24, 2.45) is 5.41 Å². The largest absolute Gasteiger partial charge is 0.443 e. The molecule has 8 nitrogen and oxygen atoms in total. The van der Waals surface area contributed by atoms with Crippen LogP contribution >= 0.6 is 0 Å². The van der Waals surface area contributed by atoms with Crippen molar-refractivity contribution in [3.05, 3.63) is 34.9 Å². The average molecular weight is 402 g/mol. The van der Waals surface area contributed by atoms with E-state index in [-0.39, 0.29) is 12.5 Å². The summed E-state index contributed by atoms with van der Waals surface area (Å²) in [7, 11) is 0. The first-order chi connectivity index (χ1) is 13.6. The first kappa shape index (κ1) is 22.3. The lowest BCUT2D eigenvalue weighted by Gasteiger charge is -2.30. The smallest absolute Gasteiger partial charge is 0.312 e. The number of carbonyl (C=O) groups excluding carboxylic acids is 5. The second kappa shape index (κ2) is 8.98. The van der Waals surface area contributed by atoms with E-state index in [4.69, 9.17) is 4.74 Å². The number of esters is 1. The van der Waals surface area contributed by atoms with Gasteiger partial charge in [0.2, 0.25) is 6.41 Å². The van der Waals surface area contributed by atoms with Crippen LogP contribution in [0.3, 0.4) is 0 Å². The quantitative estimate of drug-likeness (QED) is 0.375. The van der Waals surface area contributed by atoms with Crippen molar-refractivity contribution in [2.75, 3.05) is 6.73 Å². The lowest BCUT2D eigenvalue weighted by atomic mass is 9.98. The highest BCUT2D eigenvalue weighted by Gasteiger charge is 2.38. The first-order valence-electron chi connectivity index (χ1n) is 9.46. The number of hydrogen-bond acceptors (Lipinski definition) is 6. The van der Waals surface area contributed by atoms with Gasteiger partial charge in [-0.15, -0.1) is 0 Å². The van der Waals surface area contributed by atoms with Gasteiger partial charge in [0.15, 0.2) is 6.73 Å². The van der Waals surface area contributed by atoms with Crippen LogP contribution in [0.4, 0.5) is 0 Å². The van der Waals surface area contributed by atoms with E-state index in [2.05, 4.69) is 0 Å². The Hall–Kier alpha value is -3.03.